The predicted octanol–water partition coefficient (Wildman–Crippen LogP) is 2.51. The molecule has 0 amide bonds. The molecule has 1 aliphatic heterocycles. The van der Waals surface area contributed by atoms with E-state index in [1.807, 2.05) is 0 Å². The van der Waals surface area contributed by atoms with Gasteiger partial charge in [-0.05, 0) is 49.9 Å². The molecule has 0 spiro atoms. The summed E-state index contributed by atoms with van der Waals surface area (Å²) in [6.45, 7) is 6.09. The van der Waals surface area contributed by atoms with Crippen molar-refractivity contribution in [2.75, 3.05) is 31.6 Å². The highest BCUT2D eigenvalue weighted by atomic mass is 16.2. The van der Waals surface area contributed by atoms with Crippen molar-refractivity contribution in [1.29, 1.82) is 0 Å². The van der Waals surface area contributed by atoms with Crippen molar-refractivity contribution in [2.24, 2.45) is 0 Å². The lowest BCUT2D eigenvalue weighted by Crippen LogP contribution is -2.38. The Hall–Kier alpha value is -1.06. The van der Waals surface area contributed by atoms with Crippen molar-refractivity contribution in [3.8, 4) is 0 Å². The van der Waals surface area contributed by atoms with E-state index in [0.717, 1.165) is 12.8 Å². The van der Waals surface area contributed by atoms with Crippen molar-refractivity contribution in [2.45, 2.75) is 38.6 Å². The highest BCUT2D eigenvalue weighted by molar-refractivity contribution is 5.46. The first-order valence-electron chi connectivity index (χ1n) is 7.50. The number of benzene rings is 1. The van der Waals surface area contributed by atoms with Gasteiger partial charge in [0, 0.05) is 31.4 Å². The minimum absolute atomic E-state index is 0.271. The maximum absolute atomic E-state index is 8.89. The van der Waals surface area contributed by atoms with Crippen molar-refractivity contribution in [3.63, 3.8) is 0 Å². The Labute approximate surface area is 116 Å². The maximum atomic E-state index is 8.89. The van der Waals surface area contributed by atoms with Gasteiger partial charge in [-0.1, -0.05) is 19.1 Å². The number of aryl methyl sites for hydroxylation is 1. The van der Waals surface area contributed by atoms with Crippen molar-refractivity contribution in [1.82, 2.24) is 4.90 Å². The number of nitrogens with one attached hydrogen (secondary N) is 1. The van der Waals surface area contributed by atoms with Crippen LogP contribution in [0.4, 0.5) is 5.69 Å². The molecule has 1 aromatic carbocycles. The van der Waals surface area contributed by atoms with Gasteiger partial charge in [0.15, 0.2) is 0 Å². The van der Waals surface area contributed by atoms with E-state index in [4.69, 9.17) is 5.11 Å². The van der Waals surface area contributed by atoms with Gasteiger partial charge in [0.1, 0.15) is 0 Å². The molecule has 106 valence electrons. The molecule has 1 heterocycles. The molecule has 1 aliphatic rings. The number of aliphatic hydroxyl groups is 1. The van der Waals surface area contributed by atoms with Crippen LogP contribution in [0.1, 0.15) is 31.7 Å². The number of rotatable bonds is 6. The summed E-state index contributed by atoms with van der Waals surface area (Å²) in [7, 11) is 0. The fourth-order valence-corrected chi connectivity index (χ4v) is 2.73. The van der Waals surface area contributed by atoms with Gasteiger partial charge in [0.05, 0.1) is 0 Å². The normalized spacial score (nSPS) is 17.6. The summed E-state index contributed by atoms with van der Waals surface area (Å²) in [5.41, 5.74) is 2.54. The third-order valence-corrected chi connectivity index (χ3v) is 3.96. The van der Waals surface area contributed by atoms with E-state index in [9.17, 15) is 0 Å². The summed E-state index contributed by atoms with van der Waals surface area (Å²) in [6.07, 6.45) is 4.27. The van der Waals surface area contributed by atoms with E-state index in [1.165, 1.54) is 43.7 Å². The van der Waals surface area contributed by atoms with E-state index >= 15 is 0 Å². The van der Waals surface area contributed by atoms with Crippen LogP contribution in [0.25, 0.3) is 0 Å². The zero-order valence-electron chi connectivity index (χ0n) is 11.9. The van der Waals surface area contributed by atoms with Crippen molar-refractivity contribution in [3.05, 3.63) is 29.8 Å². The molecule has 2 rings (SSSR count). The summed E-state index contributed by atoms with van der Waals surface area (Å²) in [5.74, 6) is 0. The van der Waals surface area contributed by atoms with Crippen LogP contribution in [0, 0.1) is 0 Å². The first-order valence-corrected chi connectivity index (χ1v) is 7.50. The van der Waals surface area contributed by atoms with Gasteiger partial charge in [-0.2, -0.15) is 0 Å². The molecule has 0 saturated carbocycles. The largest absolute Gasteiger partial charge is 0.396 e. The smallest absolute Gasteiger partial charge is 0.0434 e. The number of likely N-dealkylation sites (tertiary alicyclic amines) is 1. The first-order chi connectivity index (χ1) is 9.31. The topological polar surface area (TPSA) is 35.5 Å². The molecule has 0 aromatic heterocycles. The third-order valence-electron chi connectivity index (χ3n) is 3.96. The molecule has 3 nitrogen and oxygen atoms in total. The van der Waals surface area contributed by atoms with E-state index in [2.05, 4.69) is 41.4 Å². The zero-order valence-corrected chi connectivity index (χ0v) is 11.9. The van der Waals surface area contributed by atoms with Crippen LogP contribution in [0.2, 0.25) is 0 Å². The second-order valence-corrected chi connectivity index (χ2v) is 5.38. The average molecular weight is 262 g/mol. The van der Waals surface area contributed by atoms with Crippen molar-refractivity contribution < 1.29 is 5.11 Å². The Morgan fingerprint density at radius 1 is 1.32 bits per heavy atom. The van der Waals surface area contributed by atoms with Gasteiger partial charge in [0.2, 0.25) is 0 Å². The predicted molar refractivity (Wildman–Crippen MR) is 80.6 cm³/mol. The summed E-state index contributed by atoms with van der Waals surface area (Å²) in [5, 5.41) is 12.5. The number of anilines is 1. The molecule has 19 heavy (non-hydrogen) atoms. The average Bonchev–Trinajstić information content (AvgIpc) is 2.46. The lowest BCUT2D eigenvalue weighted by Gasteiger charge is -2.32. The molecule has 3 heteroatoms. The van der Waals surface area contributed by atoms with E-state index in [-0.39, 0.29) is 6.61 Å². The monoisotopic (exact) mass is 262 g/mol. The quantitative estimate of drug-likeness (QED) is 0.827. The number of hydrogen-bond donors (Lipinski definition) is 2. The van der Waals surface area contributed by atoms with Crippen LogP contribution in [0.3, 0.4) is 0 Å². The van der Waals surface area contributed by atoms with E-state index < -0.39 is 0 Å². The molecule has 0 aliphatic carbocycles. The van der Waals surface area contributed by atoms with Crippen LogP contribution in [0.15, 0.2) is 24.3 Å². The van der Waals surface area contributed by atoms with Gasteiger partial charge in [0.25, 0.3) is 0 Å². The second kappa shape index (κ2) is 7.51. The lowest BCUT2D eigenvalue weighted by atomic mass is 10.0. The highest BCUT2D eigenvalue weighted by Crippen LogP contribution is 2.18. The van der Waals surface area contributed by atoms with Crippen LogP contribution < -0.4 is 5.32 Å². The van der Waals surface area contributed by atoms with E-state index in [0.29, 0.717) is 6.04 Å². The molecule has 1 fully saturated rings. The van der Waals surface area contributed by atoms with Crippen molar-refractivity contribution >= 4 is 5.69 Å². The summed E-state index contributed by atoms with van der Waals surface area (Å²) >= 11 is 0. The fourth-order valence-electron chi connectivity index (χ4n) is 2.73. The molecule has 1 saturated heterocycles. The Morgan fingerprint density at radius 2 is 2.11 bits per heavy atom. The molecular formula is C16H26N2O. The molecule has 1 aromatic rings. The van der Waals surface area contributed by atoms with Gasteiger partial charge in [-0.15, -0.1) is 0 Å². The molecule has 2 N–H and O–H groups in total. The lowest BCUT2D eigenvalue weighted by molar-refractivity contribution is 0.229. The molecule has 0 bridgehead atoms. The van der Waals surface area contributed by atoms with Crippen LogP contribution in [0.5, 0.6) is 0 Å². The number of nitrogens with zero attached hydrogens (tertiary/aromatic N) is 1. The minimum Gasteiger partial charge on any atom is -0.396 e. The standard InChI is InChI=1S/C16H26N2O/c1-2-18-10-8-15(9-11-18)17-16-7-3-5-14(13-16)6-4-12-19/h3,5,7,13,15,17,19H,2,4,6,8-12H2,1H3. The maximum Gasteiger partial charge on any atom is 0.0434 e. The molecule has 0 unspecified atom stereocenters. The van der Waals surface area contributed by atoms with Gasteiger partial charge < -0.3 is 15.3 Å². The van der Waals surface area contributed by atoms with Crippen LogP contribution >= 0.6 is 0 Å². The number of aliphatic hydroxyl groups excluding tert-OH is 1. The summed E-state index contributed by atoms with van der Waals surface area (Å²) in [6, 6.07) is 9.23. The first kappa shape index (κ1) is 14.4. The van der Waals surface area contributed by atoms with Crippen LogP contribution in [-0.2, 0) is 6.42 Å². The highest BCUT2D eigenvalue weighted by Gasteiger charge is 2.17. The SMILES string of the molecule is CCN1CCC(Nc2cccc(CCCO)c2)CC1. The third kappa shape index (κ3) is 4.51. The van der Waals surface area contributed by atoms with Gasteiger partial charge >= 0.3 is 0 Å². The molecule has 0 radical (unpaired) electrons. The summed E-state index contributed by atoms with van der Waals surface area (Å²) < 4.78 is 0. The Morgan fingerprint density at radius 3 is 2.79 bits per heavy atom. The Bertz CT molecular complexity index is 373. The number of piperidine rings is 1. The van der Waals surface area contributed by atoms with E-state index in [1.54, 1.807) is 0 Å². The molecular weight excluding hydrogens is 236 g/mol. The van der Waals surface area contributed by atoms with Gasteiger partial charge in [-0.3, -0.25) is 0 Å². The Kier molecular flexibility index (Phi) is 5.67. The molecule has 0 atom stereocenters. The van der Waals surface area contributed by atoms with Gasteiger partial charge in [-0.25, -0.2) is 0 Å². The second-order valence-electron chi connectivity index (χ2n) is 5.38. The zero-order chi connectivity index (χ0) is 13.5. The fraction of sp³-hybridized carbons (Fsp3) is 0.625. The minimum atomic E-state index is 0.271. The number of hydrogen-bond acceptors (Lipinski definition) is 3. The van der Waals surface area contributed by atoms with Crippen LogP contribution in [-0.4, -0.2) is 42.3 Å². The summed E-state index contributed by atoms with van der Waals surface area (Å²) in [4.78, 5) is 2.51. The Balaban J connectivity index is 1.85.